The van der Waals surface area contributed by atoms with Gasteiger partial charge in [-0.15, -0.1) is 0 Å². The summed E-state index contributed by atoms with van der Waals surface area (Å²) in [4.78, 5) is 34.0. The van der Waals surface area contributed by atoms with E-state index in [1.807, 2.05) is 72.6 Å². The number of ether oxygens (including phenoxy) is 1. The molecule has 1 fully saturated rings. The van der Waals surface area contributed by atoms with Gasteiger partial charge in [-0.05, 0) is 30.2 Å². The maximum atomic E-state index is 11.7. The Hall–Kier alpha value is -3.39. The first-order valence-corrected chi connectivity index (χ1v) is 10.8. The average molecular weight is 435 g/mol. The first kappa shape index (κ1) is 20.9. The van der Waals surface area contributed by atoms with Crippen LogP contribution in [0.2, 0.25) is 0 Å². The number of hydrogen-bond acceptors (Lipinski definition) is 7. The highest BCUT2D eigenvalue weighted by Crippen LogP contribution is 2.24. The first-order chi connectivity index (χ1) is 15.1. The summed E-state index contributed by atoms with van der Waals surface area (Å²) < 4.78 is 5.85. The summed E-state index contributed by atoms with van der Waals surface area (Å²) >= 11 is 1.04. The summed E-state index contributed by atoms with van der Waals surface area (Å²) in [6.07, 6.45) is 2.28. The molecule has 0 saturated carbocycles. The molecule has 1 saturated heterocycles. The zero-order valence-corrected chi connectivity index (χ0v) is 17.8. The molecule has 2 heterocycles. The summed E-state index contributed by atoms with van der Waals surface area (Å²) in [5.74, 6) is 2.05. The first-order valence-electron chi connectivity index (χ1n) is 9.91. The number of amides is 2. The van der Waals surface area contributed by atoms with Crippen LogP contribution in [0.25, 0.3) is 11.4 Å². The van der Waals surface area contributed by atoms with Gasteiger partial charge in [-0.3, -0.25) is 14.9 Å². The molecule has 1 aromatic heterocycles. The number of nitrogens with zero attached hydrogens (tertiary/aromatic N) is 3. The second kappa shape index (κ2) is 9.61. The minimum absolute atomic E-state index is 0.224. The van der Waals surface area contributed by atoms with E-state index >= 15 is 0 Å². The van der Waals surface area contributed by atoms with Crippen LogP contribution in [0.3, 0.4) is 0 Å². The molecule has 0 bridgehead atoms. The Labute approximate surface area is 184 Å². The van der Waals surface area contributed by atoms with Crippen molar-refractivity contribution in [2.45, 2.75) is 11.7 Å². The Morgan fingerprint density at radius 3 is 2.55 bits per heavy atom. The Morgan fingerprint density at radius 2 is 1.84 bits per heavy atom. The third-order valence-electron chi connectivity index (χ3n) is 4.87. The van der Waals surface area contributed by atoms with Gasteiger partial charge < -0.3 is 9.64 Å². The SMILES string of the molecule is CN(CCOc1ccc(CC2SC(=O)NC2=O)cc1)c1ccnc(-c2ccccc2)n1. The zero-order chi connectivity index (χ0) is 21.6. The number of likely N-dealkylation sites (N-methyl/N-ethyl adjacent to an activating group) is 1. The van der Waals surface area contributed by atoms with Crippen LogP contribution >= 0.6 is 11.8 Å². The number of imide groups is 1. The second-order valence-corrected chi connectivity index (χ2v) is 8.28. The maximum absolute atomic E-state index is 11.7. The average Bonchev–Trinajstić information content (AvgIpc) is 3.12. The van der Waals surface area contributed by atoms with E-state index in [1.54, 1.807) is 6.20 Å². The molecule has 0 radical (unpaired) electrons. The number of benzene rings is 2. The van der Waals surface area contributed by atoms with E-state index in [1.165, 1.54) is 0 Å². The number of hydrogen-bond donors (Lipinski definition) is 1. The van der Waals surface area contributed by atoms with Crippen molar-refractivity contribution in [1.29, 1.82) is 0 Å². The lowest BCUT2D eigenvalue weighted by molar-refractivity contribution is -0.118. The number of thioether (sulfide) groups is 1. The fourth-order valence-corrected chi connectivity index (χ4v) is 4.03. The second-order valence-electron chi connectivity index (χ2n) is 7.11. The van der Waals surface area contributed by atoms with E-state index in [0.29, 0.717) is 25.4 Å². The topological polar surface area (TPSA) is 84.4 Å². The molecule has 8 heteroatoms. The lowest BCUT2D eigenvalue weighted by atomic mass is 10.1. The van der Waals surface area contributed by atoms with Crippen molar-refractivity contribution < 1.29 is 14.3 Å². The van der Waals surface area contributed by atoms with Crippen molar-refractivity contribution in [2.75, 3.05) is 25.1 Å². The van der Waals surface area contributed by atoms with Crippen molar-refractivity contribution in [1.82, 2.24) is 15.3 Å². The number of carbonyl (C=O) groups is 2. The van der Waals surface area contributed by atoms with E-state index in [0.717, 1.165) is 34.5 Å². The van der Waals surface area contributed by atoms with Crippen LogP contribution < -0.4 is 15.0 Å². The highest BCUT2D eigenvalue weighted by molar-refractivity contribution is 8.15. The molecule has 4 rings (SSSR count). The van der Waals surface area contributed by atoms with Crippen molar-refractivity contribution in [3.8, 4) is 17.1 Å². The van der Waals surface area contributed by atoms with Crippen LogP contribution in [0.15, 0.2) is 66.9 Å². The molecule has 1 aliphatic rings. The summed E-state index contributed by atoms with van der Waals surface area (Å²) in [6, 6.07) is 19.4. The lowest BCUT2D eigenvalue weighted by Crippen LogP contribution is -2.25. The molecule has 1 unspecified atom stereocenters. The predicted molar refractivity (Wildman–Crippen MR) is 121 cm³/mol. The molecule has 1 atom stereocenters. The predicted octanol–water partition coefficient (Wildman–Crippen LogP) is 3.55. The van der Waals surface area contributed by atoms with Crippen LogP contribution in [0, 0.1) is 0 Å². The minimum atomic E-state index is -0.360. The van der Waals surface area contributed by atoms with Gasteiger partial charge in [0.05, 0.1) is 11.8 Å². The standard InChI is InChI=1S/C23H22N4O3S/c1-27(20-11-12-24-21(25-20)17-5-3-2-4-6-17)13-14-30-18-9-7-16(8-10-18)15-19-22(28)26-23(29)31-19/h2-12,19H,13-15H2,1H3,(H,26,28,29). The van der Waals surface area contributed by atoms with E-state index < -0.39 is 0 Å². The molecule has 1 N–H and O–H groups in total. The maximum Gasteiger partial charge on any atom is 0.286 e. The minimum Gasteiger partial charge on any atom is -0.492 e. The molecule has 2 amide bonds. The molecule has 7 nitrogen and oxygen atoms in total. The summed E-state index contributed by atoms with van der Waals surface area (Å²) in [5, 5.41) is 1.67. The molecular weight excluding hydrogens is 412 g/mol. The Morgan fingerprint density at radius 1 is 1.06 bits per heavy atom. The zero-order valence-electron chi connectivity index (χ0n) is 17.0. The summed E-state index contributed by atoms with van der Waals surface area (Å²) in [5.41, 5.74) is 1.97. The van der Waals surface area contributed by atoms with Gasteiger partial charge in [-0.2, -0.15) is 0 Å². The molecular formula is C23H22N4O3S. The number of nitrogens with one attached hydrogen (secondary N) is 1. The third-order valence-corrected chi connectivity index (χ3v) is 5.85. The molecule has 2 aromatic carbocycles. The van der Waals surface area contributed by atoms with E-state index in [4.69, 9.17) is 4.74 Å². The molecule has 3 aromatic rings. The highest BCUT2D eigenvalue weighted by atomic mass is 32.2. The van der Waals surface area contributed by atoms with Crippen LogP contribution in [0.1, 0.15) is 5.56 Å². The monoisotopic (exact) mass is 434 g/mol. The van der Waals surface area contributed by atoms with Crippen LogP contribution in [-0.2, 0) is 11.2 Å². The van der Waals surface area contributed by atoms with Crippen molar-refractivity contribution >= 4 is 28.7 Å². The Bertz CT molecular complexity index is 1060. The van der Waals surface area contributed by atoms with Gasteiger partial charge >= 0.3 is 0 Å². The molecule has 31 heavy (non-hydrogen) atoms. The van der Waals surface area contributed by atoms with Gasteiger partial charge in [-0.1, -0.05) is 54.2 Å². The summed E-state index contributed by atoms with van der Waals surface area (Å²) in [7, 11) is 1.97. The van der Waals surface area contributed by atoms with Crippen molar-refractivity contribution in [2.24, 2.45) is 0 Å². The molecule has 0 aliphatic carbocycles. The van der Waals surface area contributed by atoms with Gasteiger partial charge in [0.1, 0.15) is 18.2 Å². The fraction of sp³-hybridized carbons (Fsp3) is 0.217. The van der Waals surface area contributed by atoms with Crippen molar-refractivity contribution in [3.63, 3.8) is 0 Å². The van der Waals surface area contributed by atoms with Crippen LogP contribution in [0.5, 0.6) is 5.75 Å². The Balaban J connectivity index is 1.28. The van der Waals surface area contributed by atoms with Gasteiger partial charge in [0.25, 0.3) is 5.24 Å². The largest absolute Gasteiger partial charge is 0.492 e. The Kier molecular flexibility index (Phi) is 6.47. The lowest BCUT2D eigenvalue weighted by Gasteiger charge is -2.19. The molecule has 1 aliphatic heterocycles. The number of anilines is 1. The number of rotatable bonds is 8. The van der Waals surface area contributed by atoms with Gasteiger partial charge in [-0.25, -0.2) is 9.97 Å². The van der Waals surface area contributed by atoms with E-state index in [2.05, 4.69) is 15.3 Å². The smallest absolute Gasteiger partial charge is 0.286 e. The van der Waals surface area contributed by atoms with Gasteiger partial charge in [0.15, 0.2) is 5.82 Å². The van der Waals surface area contributed by atoms with Gasteiger partial charge in [0.2, 0.25) is 5.91 Å². The normalized spacial score (nSPS) is 15.6. The highest BCUT2D eigenvalue weighted by Gasteiger charge is 2.31. The van der Waals surface area contributed by atoms with Crippen LogP contribution in [0.4, 0.5) is 10.6 Å². The number of aromatic nitrogens is 2. The van der Waals surface area contributed by atoms with E-state index in [-0.39, 0.29) is 16.4 Å². The molecule has 0 spiro atoms. The quantitative estimate of drug-likeness (QED) is 0.580. The summed E-state index contributed by atoms with van der Waals surface area (Å²) in [6.45, 7) is 1.16. The molecule has 158 valence electrons. The van der Waals surface area contributed by atoms with E-state index in [9.17, 15) is 9.59 Å². The van der Waals surface area contributed by atoms with Crippen LogP contribution in [-0.4, -0.2) is 46.6 Å². The van der Waals surface area contributed by atoms with Crippen molar-refractivity contribution in [3.05, 3.63) is 72.4 Å². The third kappa shape index (κ3) is 5.40. The number of carbonyl (C=O) groups excluding carboxylic acids is 2. The van der Waals surface area contributed by atoms with Gasteiger partial charge in [0, 0.05) is 18.8 Å². The fourth-order valence-electron chi connectivity index (χ4n) is 3.17.